The van der Waals surface area contributed by atoms with Crippen LogP contribution in [0.25, 0.3) is 16.9 Å². The first-order chi connectivity index (χ1) is 13.4. The summed E-state index contributed by atoms with van der Waals surface area (Å²) in [6.45, 7) is 0. The Morgan fingerprint density at radius 1 is 1.04 bits per heavy atom. The molecule has 2 aliphatic rings. The maximum absolute atomic E-state index is 12.9. The van der Waals surface area contributed by atoms with Crippen molar-refractivity contribution in [3.8, 4) is 16.9 Å². The van der Waals surface area contributed by atoms with Gasteiger partial charge in [0.25, 0.3) is 11.5 Å². The summed E-state index contributed by atoms with van der Waals surface area (Å²) < 4.78 is 2.95. The Hall–Kier alpha value is -3.09. The van der Waals surface area contributed by atoms with E-state index >= 15 is 0 Å². The van der Waals surface area contributed by atoms with Crippen molar-refractivity contribution in [2.24, 2.45) is 7.05 Å². The lowest BCUT2D eigenvalue weighted by molar-refractivity contribution is 0.102. The largest absolute Gasteiger partial charge is 0.356 e. The molecule has 0 aromatic heterocycles. The average molecular weight is 413 g/mol. The molecule has 0 fully saturated rings. The molecule has 0 saturated heterocycles. The van der Waals surface area contributed by atoms with E-state index in [9.17, 15) is 9.59 Å². The molecule has 2 heterocycles. The number of benzene rings is 2. The number of aryl methyl sites for hydroxylation is 1. The highest BCUT2D eigenvalue weighted by atomic mass is 35.5. The number of carbonyl (C=O) groups excluding carboxylic acids is 1. The third kappa shape index (κ3) is 3.28. The Morgan fingerprint density at radius 3 is 2.50 bits per heavy atom. The molecule has 2 aromatic carbocycles. The van der Waals surface area contributed by atoms with Crippen molar-refractivity contribution < 1.29 is 4.79 Å². The number of amides is 1. The molecular weight excluding hydrogens is 399 g/mol. The second kappa shape index (κ2) is 7.14. The molecule has 0 radical (unpaired) electrons. The molecule has 0 saturated carbocycles. The minimum Gasteiger partial charge on any atom is -0.356 e. The maximum Gasteiger partial charge on any atom is 0.282 e. The van der Waals surface area contributed by atoms with Crippen LogP contribution in [0.3, 0.4) is 0 Å². The molecule has 1 amide bonds. The quantitative estimate of drug-likeness (QED) is 0.547. The van der Waals surface area contributed by atoms with Crippen molar-refractivity contribution in [2.45, 2.75) is 0 Å². The van der Waals surface area contributed by atoms with Crippen LogP contribution in [0.1, 0.15) is 10.4 Å². The molecule has 1 N–H and O–H groups in total. The number of hydrogen-bond donors (Lipinski definition) is 1. The number of pyridine rings is 1. The normalized spacial score (nSPS) is 11.0. The van der Waals surface area contributed by atoms with E-state index in [1.165, 1.54) is 4.68 Å². The Bertz CT molecular complexity index is 1210. The zero-order valence-corrected chi connectivity index (χ0v) is 16.2. The van der Waals surface area contributed by atoms with Crippen molar-refractivity contribution in [1.29, 1.82) is 0 Å². The number of rotatable bonds is 3. The lowest BCUT2D eigenvalue weighted by Crippen LogP contribution is -2.17. The van der Waals surface area contributed by atoms with Crippen LogP contribution < -0.4 is 10.9 Å². The highest BCUT2D eigenvalue weighted by molar-refractivity contribution is 6.42. The third-order valence-corrected chi connectivity index (χ3v) is 4.96. The summed E-state index contributed by atoms with van der Waals surface area (Å²) in [6.07, 6.45) is 3.27. The molecule has 0 atom stereocenters. The zero-order valence-electron chi connectivity index (χ0n) is 14.7. The van der Waals surface area contributed by atoms with Crippen LogP contribution >= 0.6 is 23.2 Å². The fraction of sp³-hybridized carbons (Fsp3) is 0.0500. The van der Waals surface area contributed by atoms with Crippen molar-refractivity contribution in [3.63, 3.8) is 0 Å². The van der Waals surface area contributed by atoms with Gasteiger partial charge in [-0.05, 0) is 30.3 Å². The summed E-state index contributed by atoms with van der Waals surface area (Å²) in [5.74, 6) is -0.405. The van der Waals surface area contributed by atoms with Gasteiger partial charge in [-0.1, -0.05) is 41.4 Å². The van der Waals surface area contributed by atoms with E-state index < -0.39 is 5.91 Å². The number of carbonyl (C=O) groups is 1. The van der Waals surface area contributed by atoms with Gasteiger partial charge in [-0.15, -0.1) is 0 Å². The molecule has 0 spiro atoms. The summed E-state index contributed by atoms with van der Waals surface area (Å²) in [5.41, 5.74) is 1.78. The highest BCUT2D eigenvalue weighted by Gasteiger charge is 2.24. The fourth-order valence-corrected chi connectivity index (χ4v) is 3.22. The zero-order chi connectivity index (χ0) is 19.8. The Morgan fingerprint density at radius 2 is 1.79 bits per heavy atom. The smallest absolute Gasteiger partial charge is 0.282 e. The van der Waals surface area contributed by atoms with Gasteiger partial charge < -0.3 is 9.88 Å². The summed E-state index contributed by atoms with van der Waals surface area (Å²) in [4.78, 5) is 25.7. The van der Waals surface area contributed by atoms with Crippen molar-refractivity contribution in [1.82, 2.24) is 14.3 Å². The molecule has 0 aliphatic carbocycles. The predicted molar refractivity (Wildman–Crippen MR) is 110 cm³/mol. The second-order valence-electron chi connectivity index (χ2n) is 6.24. The SMILES string of the molecule is Cn1cc(C(=O)Nc2ccc(Cl)c(Cl)c2)c2nn(-c3ccccc3)c(=O)c-2c1. The summed E-state index contributed by atoms with van der Waals surface area (Å²) in [7, 11) is 1.74. The number of aromatic nitrogens is 3. The number of fused-ring (bicyclic) bond motifs is 1. The molecule has 0 unspecified atom stereocenters. The summed E-state index contributed by atoms with van der Waals surface area (Å²) in [6, 6.07) is 13.9. The summed E-state index contributed by atoms with van der Waals surface area (Å²) >= 11 is 11.9. The van der Waals surface area contributed by atoms with Gasteiger partial charge in [0.1, 0.15) is 5.69 Å². The fourth-order valence-electron chi connectivity index (χ4n) is 2.92. The molecular formula is C20H14Cl2N4O2. The van der Waals surface area contributed by atoms with Gasteiger partial charge in [-0.3, -0.25) is 9.59 Å². The molecule has 8 heteroatoms. The first-order valence-corrected chi connectivity index (χ1v) is 9.10. The predicted octanol–water partition coefficient (Wildman–Crippen LogP) is 4.23. The molecule has 140 valence electrons. The second-order valence-corrected chi connectivity index (χ2v) is 7.05. The minimum atomic E-state index is -0.405. The van der Waals surface area contributed by atoms with Crippen LogP contribution in [0.5, 0.6) is 0 Å². The van der Waals surface area contributed by atoms with Crippen molar-refractivity contribution >= 4 is 34.8 Å². The van der Waals surface area contributed by atoms with Crippen LogP contribution in [-0.4, -0.2) is 20.3 Å². The van der Waals surface area contributed by atoms with Gasteiger partial charge in [0.2, 0.25) is 0 Å². The number of nitrogens with zero attached hydrogens (tertiary/aromatic N) is 3. The van der Waals surface area contributed by atoms with E-state index in [0.29, 0.717) is 32.7 Å². The van der Waals surface area contributed by atoms with E-state index in [2.05, 4.69) is 10.4 Å². The van der Waals surface area contributed by atoms with Gasteiger partial charge in [-0.25, -0.2) is 0 Å². The van der Waals surface area contributed by atoms with Crippen molar-refractivity contribution in [3.05, 3.63) is 86.9 Å². The lowest BCUT2D eigenvalue weighted by Gasteiger charge is -2.10. The molecule has 6 nitrogen and oxygen atoms in total. The van der Waals surface area contributed by atoms with E-state index in [4.69, 9.17) is 23.2 Å². The van der Waals surface area contributed by atoms with Crippen LogP contribution in [0.15, 0.2) is 65.7 Å². The number of halogens is 2. The van der Waals surface area contributed by atoms with Gasteiger partial charge in [-0.2, -0.15) is 9.78 Å². The molecule has 4 rings (SSSR count). The standard InChI is InChI=1S/C20H14Cl2N4O2/c1-25-10-14(19(27)23-12-7-8-16(21)17(22)9-12)18-15(11-25)20(28)26(24-18)13-5-3-2-4-6-13/h2-11H,1H3,(H,23,27). The highest BCUT2D eigenvalue weighted by Crippen LogP contribution is 2.27. The van der Waals surface area contributed by atoms with E-state index in [1.54, 1.807) is 54.3 Å². The summed E-state index contributed by atoms with van der Waals surface area (Å²) in [5, 5.41) is 7.89. The van der Waals surface area contributed by atoms with Gasteiger partial charge in [0.15, 0.2) is 0 Å². The maximum atomic E-state index is 12.9. The molecule has 0 bridgehead atoms. The average Bonchev–Trinajstić information content (AvgIpc) is 3.01. The van der Waals surface area contributed by atoms with Crippen molar-refractivity contribution in [2.75, 3.05) is 5.32 Å². The van der Waals surface area contributed by atoms with Gasteiger partial charge in [0, 0.05) is 25.1 Å². The number of hydrogen-bond acceptors (Lipinski definition) is 3. The number of anilines is 1. The van der Waals surface area contributed by atoms with E-state index in [-0.39, 0.29) is 11.1 Å². The molecule has 2 aromatic rings. The number of para-hydroxylation sites is 1. The third-order valence-electron chi connectivity index (χ3n) is 4.22. The van der Waals surface area contributed by atoms with Gasteiger partial charge in [0.05, 0.1) is 26.9 Å². The van der Waals surface area contributed by atoms with Crippen LogP contribution in [0.2, 0.25) is 10.0 Å². The van der Waals surface area contributed by atoms with Crippen LogP contribution in [0, 0.1) is 0 Å². The van der Waals surface area contributed by atoms with E-state index in [1.807, 2.05) is 18.2 Å². The minimum absolute atomic E-state index is 0.276. The first-order valence-electron chi connectivity index (χ1n) is 8.35. The molecule has 28 heavy (non-hydrogen) atoms. The Balaban J connectivity index is 1.79. The topological polar surface area (TPSA) is 68.9 Å². The molecule has 2 aliphatic heterocycles. The van der Waals surface area contributed by atoms with Crippen LogP contribution in [-0.2, 0) is 7.05 Å². The van der Waals surface area contributed by atoms with E-state index in [0.717, 1.165) is 0 Å². The van der Waals surface area contributed by atoms with Crippen LogP contribution in [0.4, 0.5) is 5.69 Å². The lowest BCUT2D eigenvalue weighted by atomic mass is 10.1. The Labute approximate surface area is 170 Å². The monoisotopic (exact) mass is 412 g/mol. The first kappa shape index (κ1) is 18.3. The van der Waals surface area contributed by atoms with Gasteiger partial charge >= 0.3 is 0 Å². The Kier molecular flexibility index (Phi) is 4.66. The number of nitrogens with one attached hydrogen (secondary N) is 1.